The number of carboxylic acid groups (broad SMARTS) is 1. The summed E-state index contributed by atoms with van der Waals surface area (Å²) in [7, 11) is 1.65. The Hall–Kier alpha value is -1.88. The second-order valence-electron chi connectivity index (χ2n) is 3.29. The first-order chi connectivity index (χ1) is 7.61. The molecule has 0 saturated carbocycles. The first-order valence-corrected chi connectivity index (χ1v) is 4.85. The molecule has 0 fully saturated rings. The van der Waals surface area contributed by atoms with Crippen LogP contribution in [0, 0.1) is 0 Å². The van der Waals surface area contributed by atoms with E-state index in [0.29, 0.717) is 0 Å². The quantitative estimate of drug-likeness (QED) is 0.753. The number of carbonyl (C=O) groups excluding carboxylic acids is 1. The van der Waals surface area contributed by atoms with Crippen molar-refractivity contribution in [1.29, 1.82) is 0 Å². The first-order valence-electron chi connectivity index (χ1n) is 4.85. The van der Waals surface area contributed by atoms with Crippen LogP contribution in [0.1, 0.15) is 0 Å². The zero-order valence-corrected chi connectivity index (χ0v) is 9.01. The molecule has 0 bridgehead atoms. The number of benzene rings is 1. The fourth-order valence-corrected chi connectivity index (χ4v) is 1.19. The lowest BCUT2D eigenvalue weighted by molar-refractivity contribution is -0.135. The van der Waals surface area contributed by atoms with E-state index in [1.54, 1.807) is 7.05 Å². The van der Waals surface area contributed by atoms with Gasteiger partial charge in [-0.15, -0.1) is 0 Å². The number of carbonyl (C=O) groups is 2. The van der Waals surface area contributed by atoms with Crippen molar-refractivity contribution < 1.29 is 14.7 Å². The van der Waals surface area contributed by atoms with Gasteiger partial charge >= 0.3 is 5.97 Å². The summed E-state index contributed by atoms with van der Waals surface area (Å²) in [6.45, 7) is -0.202. The second-order valence-corrected chi connectivity index (χ2v) is 3.29. The average Bonchev–Trinajstić information content (AvgIpc) is 2.28. The summed E-state index contributed by atoms with van der Waals surface area (Å²) in [6.07, 6.45) is 0. The maximum atomic E-state index is 11.6. The molecule has 1 aromatic carbocycles. The van der Waals surface area contributed by atoms with Crippen molar-refractivity contribution >= 4 is 17.6 Å². The van der Waals surface area contributed by atoms with Gasteiger partial charge in [0.05, 0.1) is 13.1 Å². The first kappa shape index (κ1) is 12.2. The molecular formula is C11H14N2O3. The maximum Gasteiger partial charge on any atom is 0.317 e. The molecule has 0 radical (unpaired) electrons. The molecule has 0 saturated heterocycles. The van der Waals surface area contributed by atoms with E-state index in [-0.39, 0.29) is 19.0 Å². The highest BCUT2D eigenvalue weighted by molar-refractivity contribution is 5.94. The molecule has 86 valence electrons. The van der Waals surface area contributed by atoms with Crippen molar-refractivity contribution in [2.45, 2.75) is 0 Å². The standard InChI is InChI=1S/C11H14N2O3/c1-13(9-5-3-2-4-6-9)10(14)7-12-8-11(15)16/h2-6,12H,7-8H2,1H3,(H,15,16). The van der Waals surface area contributed by atoms with E-state index in [1.165, 1.54) is 4.90 Å². The molecule has 1 rings (SSSR count). The minimum absolute atomic E-state index is 0.0116. The smallest absolute Gasteiger partial charge is 0.317 e. The number of para-hydroxylation sites is 1. The van der Waals surface area contributed by atoms with Crippen molar-refractivity contribution in [3.05, 3.63) is 30.3 Å². The van der Waals surface area contributed by atoms with Crippen LogP contribution in [0.3, 0.4) is 0 Å². The topological polar surface area (TPSA) is 69.6 Å². The molecule has 1 amide bonds. The summed E-state index contributed by atoms with van der Waals surface area (Å²) in [4.78, 5) is 23.3. The Balaban J connectivity index is 2.45. The van der Waals surface area contributed by atoms with Crippen LogP contribution in [0.5, 0.6) is 0 Å². The molecule has 0 aliphatic rings. The summed E-state index contributed by atoms with van der Waals surface area (Å²) in [5.74, 6) is -1.15. The van der Waals surface area contributed by atoms with E-state index >= 15 is 0 Å². The van der Waals surface area contributed by atoms with Gasteiger partial charge in [0.2, 0.25) is 5.91 Å². The normalized spacial score (nSPS) is 9.81. The summed E-state index contributed by atoms with van der Waals surface area (Å²) in [6, 6.07) is 9.17. The fourth-order valence-electron chi connectivity index (χ4n) is 1.19. The average molecular weight is 222 g/mol. The van der Waals surface area contributed by atoms with Crippen molar-refractivity contribution in [3.63, 3.8) is 0 Å². The Kier molecular flexibility index (Phi) is 4.47. The molecular weight excluding hydrogens is 208 g/mol. The van der Waals surface area contributed by atoms with E-state index in [1.807, 2.05) is 30.3 Å². The lowest BCUT2D eigenvalue weighted by Crippen LogP contribution is -2.37. The van der Waals surface area contributed by atoms with Gasteiger partial charge < -0.3 is 10.0 Å². The number of aliphatic carboxylic acids is 1. The third-order valence-corrected chi connectivity index (χ3v) is 2.07. The van der Waals surface area contributed by atoms with E-state index in [0.717, 1.165) is 5.69 Å². The summed E-state index contributed by atoms with van der Waals surface area (Å²) in [5.41, 5.74) is 0.782. The molecule has 0 atom stereocenters. The highest BCUT2D eigenvalue weighted by Gasteiger charge is 2.10. The Morgan fingerprint density at radius 2 is 1.88 bits per heavy atom. The monoisotopic (exact) mass is 222 g/mol. The van der Waals surface area contributed by atoms with Crippen molar-refractivity contribution in [1.82, 2.24) is 5.32 Å². The number of amides is 1. The van der Waals surface area contributed by atoms with Crippen molar-refractivity contribution in [2.24, 2.45) is 0 Å². The molecule has 1 aromatic rings. The van der Waals surface area contributed by atoms with Crippen LogP contribution >= 0.6 is 0 Å². The molecule has 0 aromatic heterocycles. The number of nitrogens with zero attached hydrogens (tertiary/aromatic N) is 1. The number of likely N-dealkylation sites (N-methyl/N-ethyl adjacent to an activating group) is 1. The van der Waals surface area contributed by atoms with Gasteiger partial charge in [0.15, 0.2) is 0 Å². The number of hydrogen-bond donors (Lipinski definition) is 2. The molecule has 0 aliphatic carbocycles. The van der Waals surface area contributed by atoms with E-state index in [9.17, 15) is 9.59 Å². The lowest BCUT2D eigenvalue weighted by Gasteiger charge is -2.17. The molecule has 0 aliphatic heterocycles. The second kappa shape index (κ2) is 5.87. The maximum absolute atomic E-state index is 11.6. The molecule has 2 N–H and O–H groups in total. The molecule has 0 spiro atoms. The number of hydrogen-bond acceptors (Lipinski definition) is 3. The van der Waals surface area contributed by atoms with Crippen LogP contribution in [0.25, 0.3) is 0 Å². The Labute approximate surface area is 93.7 Å². The van der Waals surface area contributed by atoms with Crippen LogP contribution in [-0.2, 0) is 9.59 Å². The largest absolute Gasteiger partial charge is 0.480 e. The van der Waals surface area contributed by atoms with Crippen LogP contribution in [0.15, 0.2) is 30.3 Å². The number of nitrogens with one attached hydrogen (secondary N) is 1. The summed E-state index contributed by atoms with van der Waals surface area (Å²) >= 11 is 0. The van der Waals surface area contributed by atoms with E-state index in [4.69, 9.17) is 5.11 Å². The van der Waals surface area contributed by atoms with Gasteiger partial charge in [-0.25, -0.2) is 0 Å². The van der Waals surface area contributed by atoms with Crippen LogP contribution < -0.4 is 10.2 Å². The van der Waals surface area contributed by atoms with E-state index in [2.05, 4.69) is 5.32 Å². The predicted molar refractivity (Wildman–Crippen MR) is 60.4 cm³/mol. The fraction of sp³-hybridized carbons (Fsp3) is 0.273. The van der Waals surface area contributed by atoms with E-state index < -0.39 is 5.97 Å². The van der Waals surface area contributed by atoms with Gasteiger partial charge in [0.1, 0.15) is 0 Å². The highest BCUT2D eigenvalue weighted by Crippen LogP contribution is 2.10. The number of rotatable bonds is 5. The molecule has 0 unspecified atom stereocenters. The zero-order valence-electron chi connectivity index (χ0n) is 9.01. The third-order valence-electron chi connectivity index (χ3n) is 2.07. The molecule has 0 heterocycles. The Morgan fingerprint density at radius 1 is 1.25 bits per heavy atom. The molecule has 16 heavy (non-hydrogen) atoms. The van der Waals surface area contributed by atoms with Crippen LogP contribution in [0.4, 0.5) is 5.69 Å². The third kappa shape index (κ3) is 3.70. The Morgan fingerprint density at radius 3 is 2.44 bits per heavy atom. The van der Waals surface area contributed by atoms with Crippen LogP contribution in [-0.4, -0.2) is 37.1 Å². The Bertz CT molecular complexity index is 365. The van der Waals surface area contributed by atoms with Gasteiger partial charge in [-0.2, -0.15) is 0 Å². The minimum atomic E-state index is -0.977. The van der Waals surface area contributed by atoms with Crippen LogP contribution in [0.2, 0.25) is 0 Å². The summed E-state index contributed by atoms with van der Waals surface area (Å²) in [5, 5.41) is 10.9. The number of anilines is 1. The van der Waals surface area contributed by atoms with Gasteiger partial charge in [-0.3, -0.25) is 14.9 Å². The van der Waals surface area contributed by atoms with Gasteiger partial charge in [-0.05, 0) is 12.1 Å². The molecule has 5 nitrogen and oxygen atoms in total. The van der Waals surface area contributed by atoms with Crippen molar-refractivity contribution in [2.75, 3.05) is 25.0 Å². The predicted octanol–water partition coefficient (Wildman–Crippen LogP) is 0.324. The number of carboxylic acids is 1. The minimum Gasteiger partial charge on any atom is -0.480 e. The van der Waals surface area contributed by atoms with Gasteiger partial charge in [0.25, 0.3) is 0 Å². The molecule has 5 heteroatoms. The SMILES string of the molecule is CN(C(=O)CNCC(=O)O)c1ccccc1. The van der Waals surface area contributed by atoms with Gasteiger partial charge in [-0.1, -0.05) is 18.2 Å². The lowest BCUT2D eigenvalue weighted by atomic mass is 10.3. The van der Waals surface area contributed by atoms with Crippen molar-refractivity contribution in [3.8, 4) is 0 Å². The highest BCUT2D eigenvalue weighted by atomic mass is 16.4. The van der Waals surface area contributed by atoms with Gasteiger partial charge in [0, 0.05) is 12.7 Å². The zero-order chi connectivity index (χ0) is 12.0. The summed E-state index contributed by atoms with van der Waals surface area (Å²) < 4.78 is 0.